The number of alkyl carbamates (subject to hydrolysis) is 2. The zero-order valence-electron chi connectivity index (χ0n) is 38.5. The third kappa shape index (κ3) is 9.21. The number of amides is 4. The van der Waals surface area contributed by atoms with Crippen LogP contribution in [0.4, 0.5) is 9.59 Å². The number of hydrogen-bond donors (Lipinski definition) is 4. The van der Waals surface area contributed by atoms with Crippen molar-refractivity contribution < 1.29 is 42.9 Å². The van der Waals surface area contributed by atoms with Crippen molar-refractivity contribution in [2.75, 3.05) is 53.7 Å². The number of carbonyl (C=O) groups is 4. The second-order valence-electron chi connectivity index (χ2n) is 18.4. The van der Waals surface area contributed by atoms with Crippen molar-refractivity contribution in [1.29, 1.82) is 0 Å². The first-order valence-corrected chi connectivity index (χ1v) is 23.7. The minimum Gasteiger partial charge on any atom is -0.453 e. The summed E-state index contributed by atoms with van der Waals surface area (Å²) in [6.07, 6.45) is 16.0. The van der Waals surface area contributed by atoms with Gasteiger partial charge in [0.2, 0.25) is 5.91 Å². The molecule has 4 saturated heterocycles. The summed E-state index contributed by atoms with van der Waals surface area (Å²) in [5.74, 6) is -0.0929. The Morgan fingerprint density at radius 3 is 2.19 bits per heavy atom. The van der Waals surface area contributed by atoms with Crippen molar-refractivity contribution in [3.05, 3.63) is 118 Å². The predicted molar refractivity (Wildman–Crippen MR) is 249 cm³/mol. The number of aryl methyl sites for hydroxylation is 1. The molecule has 10 rings (SSSR count). The van der Waals surface area contributed by atoms with E-state index in [1.165, 1.54) is 42.1 Å². The molecule has 17 nitrogen and oxygen atoms in total. The molecule has 4 aliphatic heterocycles. The molecule has 2 aromatic carbocycles. The molecule has 0 bridgehead atoms. The fourth-order valence-electron chi connectivity index (χ4n) is 10.8. The summed E-state index contributed by atoms with van der Waals surface area (Å²) in [5.41, 5.74) is 9.76. The predicted octanol–water partition coefficient (Wildman–Crippen LogP) is 6.86. The quantitative estimate of drug-likeness (QED) is 0.122. The molecule has 356 valence electrons. The minimum absolute atomic E-state index is 0.107. The van der Waals surface area contributed by atoms with E-state index in [1.807, 2.05) is 47.6 Å². The average Bonchev–Trinajstić information content (AvgIpc) is 4.26. The number of imidazole rings is 2. The number of nitrogens with zero attached hydrogens (tertiary/aromatic N) is 4. The van der Waals surface area contributed by atoms with Gasteiger partial charge in [0.15, 0.2) is 5.79 Å². The number of ether oxygens (including phenoxy) is 5. The van der Waals surface area contributed by atoms with Crippen LogP contribution in [0.15, 0.2) is 84.2 Å². The van der Waals surface area contributed by atoms with Crippen molar-refractivity contribution in [2.24, 2.45) is 5.92 Å². The third-order valence-corrected chi connectivity index (χ3v) is 14.4. The highest BCUT2D eigenvalue weighted by molar-refractivity contribution is 5.88. The number of aromatic nitrogens is 4. The Hall–Kier alpha value is -6.56. The summed E-state index contributed by atoms with van der Waals surface area (Å²) in [4.78, 5) is 73.5. The Bertz CT molecular complexity index is 2620. The first kappa shape index (κ1) is 45.2. The van der Waals surface area contributed by atoms with Gasteiger partial charge in [-0.05, 0) is 102 Å². The second kappa shape index (κ2) is 19.6. The van der Waals surface area contributed by atoms with Crippen LogP contribution in [-0.4, -0.2) is 119 Å². The Labute approximate surface area is 394 Å². The molecule has 6 heterocycles. The smallest absolute Gasteiger partial charge is 0.407 e. The number of methoxy groups -OCH3 is 2. The Morgan fingerprint density at radius 2 is 1.44 bits per heavy atom. The first-order chi connectivity index (χ1) is 33.2. The molecule has 0 saturated carbocycles. The van der Waals surface area contributed by atoms with E-state index in [4.69, 9.17) is 33.7 Å². The molecule has 4 N–H and O–H groups in total. The van der Waals surface area contributed by atoms with Gasteiger partial charge in [0, 0.05) is 26.2 Å². The van der Waals surface area contributed by atoms with E-state index in [0.29, 0.717) is 63.6 Å². The van der Waals surface area contributed by atoms with Crippen molar-refractivity contribution in [2.45, 2.75) is 87.7 Å². The lowest BCUT2D eigenvalue weighted by molar-refractivity contribution is -0.154. The van der Waals surface area contributed by atoms with Crippen LogP contribution in [0.25, 0.3) is 22.9 Å². The fraction of sp³-hybridized carbons (Fsp3) is 0.451. The molecule has 6 aliphatic rings. The molecular weight excluding hydrogens is 869 g/mol. The van der Waals surface area contributed by atoms with E-state index in [2.05, 4.69) is 57.0 Å². The topological polar surface area (TPSA) is 202 Å². The number of allylic oxidation sites excluding steroid dienone is 5. The lowest BCUT2D eigenvalue weighted by Crippen LogP contribution is -2.54. The minimum atomic E-state index is -0.940. The second-order valence-corrected chi connectivity index (χ2v) is 18.4. The molecule has 0 radical (unpaired) electrons. The average molecular weight is 927 g/mol. The zero-order valence-corrected chi connectivity index (χ0v) is 38.5. The van der Waals surface area contributed by atoms with Crippen LogP contribution < -0.4 is 10.6 Å². The summed E-state index contributed by atoms with van der Waals surface area (Å²) < 4.78 is 27.6. The number of aromatic amines is 2. The Morgan fingerprint density at radius 1 is 0.750 bits per heavy atom. The summed E-state index contributed by atoms with van der Waals surface area (Å²) >= 11 is 0. The van der Waals surface area contributed by atoms with Crippen LogP contribution in [0.2, 0.25) is 0 Å². The van der Waals surface area contributed by atoms with E-state index < -0.39 is 36.1 Å². The van der Waals surface area contributed by atoms with Crippen LogP contribution in [0.5, 0.6) is 0 Å². The summed E-state index contributed by atoms with van der Waals surface area (Å²) in [6.45, 7) is 2.71. The van der Waals surface area contributed by atoms with Crippen molar-refractivity contribution in [1.82, 2.24) is 40.4 Å². The number of rotatable bonds is 11. The molecule has 2 aromatic heterocycles. The van der Waals surface area contributed by atoms with Gasteiger partial charge in [0.25, 0.3) is 5.91 Å². The number of likely N-dealkylation sites (tertiary alicyclic amines) is 2. The maximum atomic E-state index is 14.5. The van der Waals surface area contributed by atoms with E-state index >= 15 is 0 Å². The van der Waals surface area contributed by atoms with Gasteiger partial charge in [-0.15, -0.1) is 0 Å². The van der Waals surface area contributed by atoms with Crippen LogP contribution in [-0.2, 0) is 39.7 Å². The monoisotopic (exact) mass is 926 g/mol. The zero-order chi connectivity index (χ0) is 46.8. The molecule has 4 fully saturated rings. The largest absolute Gasteiger partial charge is 0.453 e. The first-order valence-electron chi connectivity index (χ1n) is 23.7. The SMILES string of the molecule is COC(=O)N[C@H](C(=O)N1CC2(C[C@H]1c1ncc(-c3ccc4c(c3)CCC(C3=CC=C(c5cnc(C6CCCN6C(=O)[C@H](NC(=O)OC)c6ccccc6)[nH]5)CC3)=C4)[nH]1)OCCO2)C1CCOCC1. The van der Waals surface area contributed by atoms with E-state index in [9.17, 15) is 19.2 Å². The van der Waals surface area contributed by atoms with E-state index in [-0.39, 0.29) is 30.3 Å². The van der Waals surface area contributed by atoms with Crippen LogP contribution >= 0.6 is 0 Å². The van der Waals surface area contributed by atoms with Gasteiger partial charge in [-0.3, -0.25) is 9.59 Å². The lowest BCUT2D eigenvalue weighted by atomic mass is 9.84. The van der Waals surface area contributed by atoms with E-state index in [1.54, 1.807) is 4.90 Å². The molecule has 1 unspecified atom stereocenters. The van der Waals surface area contributed by atoms with Crippen molar-refractivity contribution in [3.63, 3.8) is 0 Å². The van der Waals surface area contributed by atoms with Crippen molar-refractivity contribution >= 4 is 35.6 Å². The number of benzene rings is 2. The molecular formula is C51H58N8O9. The number of H-pyrrole nitrogens is 2. The van der Waals surface area contributed by atoms with Gasteiger partial charge < -0.3 is 54.1 Å². The molecule has 4 atom stereocenters. The van der Waals surface area contributed by atoms with Gasteiger partial charge >= 0.3 is 12.2 Å². The molecule has 1 spiro atoms. The fourth-order valence-corrected chi connectivity index (χ4v) is 10.8. The highest BCUT2D eigenvalue weighted by atomic mass is 16.7. The molecule has 2 aliphatic carbocycles. The molecule has 68 heavy (non-hydrogen) atoms. The van der Waals surface area contributed by atoms with Crippen LogP contribution in [0.1, 0.15) is 104 Å². The summed E-state index contributed by atoms with van der Waals surface area (Å²) in [5, 5.41) is 5.56. The highest BCUT2D eigenvalue weighted by Crippen LogP contribution is 2.44. The molecule has 17 heteroatoms. The number of hydrogen-bond acceptors (Lipinski definition) is 11. The molecule has 4 amide bonds. The lowest BCUT2D eigenvalue weighted by Gasteiger charge is -2.34. The summed E-state index contributed by atoms with van der Waals surface area (Å²) in [6, 6.07) is 13.4. The van der Waals surface area contributed by atoms with Gasteiger partial charge in [-0.25, -0.2) is 19.6 Å². The van der Waals surface area contributed by atoms with Crippen molar-refractivity contribution in [3.8, 4) is 11.3 Å². The normalized spacial score (nSPS) is 22.2. The maximum Gasteiger partial charge on any atom is 0.407 e. The van der Waals surface area contributed by atoms with E-state index in [0.717, 1.165) is 61.3 Å². The maximum absolute atomic E-state index is 14.5. The number of nitrogens with one attached hydrogen (secondary N) is 4. The Kier molecular flexibility index (Phi) is 13.0. The van der Waals surface area contributed by atoms with Gasteiger partial charge in [0.05, 0.1) is 69.8 Å². The molecule has 4 aromatic rings. The standard InChI is InChI=1S/C51H58N8O9/c1-64-49(62)56-43(33-7-4-3-5-8-33)47(60)58-20-6-9-41(58)45-52-28-39(54-45)32-12-10-31(11-13-32)35-14-15-37-26-38(17-16-36(37)25-35)40-29-53-46(55-40)42-27-51(67-23-24-68-51)30-59(42)48(61)44(57-50(63)65-2)34-18-21-66-22-19-34/h3-5,7-8,10,12,16-17,25-26,28-29,34,41-44H,6,9,11,13-15,18-24,27,30H2,1-2H3,(H,52,54)(H,53,55)(H,56,62)(H,57,63)/t41?,42-,43+,44-/m0/s1. The number of carbonyl (C=O) groups excluding carboxylic acids is 4. The Balaban J connectivity index is 0.820. The van der Waals surface area contributed by atoms with Gasteiger partial charge in [-0.2, -0.15) is 0 Å². The van der Waals surface area contributed by atoms with Crippen LogP contribution in [0, 0.1) is 5.92 Å². The van der Waals surface area contributed by atoms with Gasteiger partial charge in [0.1, 0.15) is 23.7 Å². The highest BCUT2D eigenvalue weighted by Gasteiger charge is 2.53. The number of fused-ring (bicyclic) bond motifs is 1. The third-order valence-electron chi connectivity index (χ3n) is 14.4. The summed E-state index contributed by atoms with van der Waals surface area (Å²) in [7, 11) is 2.59. The van der Waals surface area contributed by atoms with Gasteiger partial charge in [-0.1, -0.05) is 60.7 Å². The van der Waals surface area contributed by atoms with Crippen LogP contribution in [0.3, 0.4) is 0 Å².